The molecule has 8 heteroatoms. The lowest BCUT2D eigenvalue weighted by molar-refractivity contribution is -0.145. The van der Waals surface area contributed by atoms with Gasteiger partial charge in [0.25, 0.3) is 5.91 Å². The Balaban J connectivity index is 2.23. The Morgan fingerprint density at radius 2 is 1.80 bits per heavy atom. The van der Waals surface area contributed by atoms with Crippen molar-refractivity contribution in [3.05, 3.63) is 64.6 Å². The highest BCUT2D eigenvalue weighted by Crippen LogP contribution is 2.36. The molecular formula is C22H20F3NO4. The number of esters is 1. The van der Waals surface area contributed by atoms with E-state index in [1.165, 1.54) is 0 Å². The largest absolute Gasteiger partial charge is 0.505 e. The third kappa shape index (κ3) is 3.65. The van der Waals surface area contributed by atoms with Crippen LogP contribution in [0.15, 0.2) is 30.3 Å². The van der Waals surface area contributed by atoms with E-state index in [1.54, 1.807) is 13.8 Å². The van der Waals surface area contributed by atoms with Crippen molar-refractivity contribution in [2.75, 3.05) is 6.61 Å². The van der Waals surface area contributed by atoms with Gasteiger partial charge in [-0.1, -0.05) is 6.92 Å². The van der Waals surface area contributed by atoms with Crippen LogP contribution in [0.2, 0.25) is 0 Å². The number of benzene rings is 2. The van der Waals surface area contributed by atoms with Gasteiger partial charge in [-0.2, -0.15) is 0 Å². The number of hydrogen-bond acceptors (Lipinski definition) is 4. The van der Waals surface area contributed by atoms with E-state index < -0.39 is 41.0 Å². The van der Waals surface area contributed by atoms with Crippen molar-refractivity contribution in [3.63, 3.8) is 0 Å². The summed E-state index contributed by atoms with van der Waals surface area (Å²) in [6, 6.07) is 4.77. The van der Waals surface area contributed by atoms with Crippen LogP contribution < -0.4 is 0 Å². The van der Waals surface area contributed by atoms with Gasteiger partial charge in [0.15, 0.2) is 23.2 Å². The molecule has 3 rings (SSSR count). The second-order valence-electron chi connectivity index (χ2n) is 6.98. The Labute approximate surface area is 170 Å². The monoisotopic (exact) mass is 419 g/mol. The summed E-state index contributed by atoms with van der Waals surface area (Å²) in [6.45, 7) is 5.18. The van der Waals surface area contributed by atoms with E-state index in [0.29, 0.717) is 17.7 Å². The van der Waals surface area contributed by atoms with E-state index in [4.69, 9.17) is 4.74 Å². The lowest BCUT2D eigenvalue weighted by atomic mass is 9.98. The van der Waals surface area contributed by atoms with Gasteiger partial charge in [0, 0.05) is 22.7 Å². The van der Waals surface area contributed by atoms with E-state index >= 15 is 0 Å². The average Bonchev–Trinajstić information content (AvgIpc) is 2.98. The maximum Gasteiger partial charge on any atom is 0.313 e. The number of carbonyl (C=O) groups excluding carboxylic acids is 2. The third-order valence-corrected chi connectivity index (χ3v) is 4.93. The minimum atomic E-state index is -1.20. The number of carbonyl (C=O) groups is 2. The maximum absolute atomic E-state index is 14.1. The summed E-state index contributed by atoms with van der Waals surface area (Å²) in [7, 11) is 0. The normalized spacial score (nSPS) is 12.2. The lowest BCUT2D eigenvalue weighted by Crippen LogP contribution is -2.17. The second-order valence-corrected chi connectivity index (χ2v) is 6.98. The van der Waals surface area contributed by atoms with Crippen LogP contribution in [0.3, 0.4) is 0 Å². The fourth-order valence-electron chi connectivity index (χ4n) is 3.46. The maximum atomic E-state index is 14.1. The molecule has 2 aromatic carbocycles. The topological polar surface area (TPSA) is 68.5 Å². The molecule has 0 saturated carbocycles. The van der Waals surface area contributed by atoms with Gasteiger partial charge in [-0.05, 0) is 50.1 Å². The summed E-state index contributed by atoms with van der Waals surface area (Å²) < 4.78 is 47.3. The fourth-order valence-corrected chi connectivity index (χ4v) is 3.46. The van der Waals surface area contributed by atoms with Crippen LogP contribution in [-0.2, 0) is 9.53 Å². The Hall–Kier alpha value is -3.29. The van der Waals surface area contributed by atoms with E-state index in [-0.39, 0.29) is 23.1 Å². The molecule has 0 bridgehead atoms. The van der Waals surface area contributed by atoms with Crippen LogP contribution in [0.1, 0.15) is 47.8 Å². The Morgan fingerprint density at radius 3 is 2.43 bits per heavy atom. The summed E-state index contributed by atoms with van der Waals surface area (Å²) in [6.07, 6.45) is 0.625. The number of aromatic nitrogens is 1. The van der Waals surface area contributed by atoms with Gasteiger partial charge in [0.2, 0.25) is 0 Å². The predicted molar refractivity (Wildman–Crippen MR) is 104 cm³/mol. The van der Waals surface area contributed by atoms with E-state index in [2.05, 4.69) is 0 Å². The Bertz CT molecular complexity index is 1150. The number of hydrogen-bond donors (Lipinski definition) is 1. The Kier molecular flexibility index (Phi) is 5.87. The van der Waals surface area contributed by atoms with E-state index in [0.717, 1.165) is 34.9 Å². The van der Waals surface area contributed by atoms with Crippen LogP contribution >= 0.6 is 0 Å². The highest BCUT2D eigenvalue weighted by atomic mass is 19.2. The molecule has 0 spiro atoms. The number of ether oxygens (including phenoxy) is 1. The van der Waals surface area contributed by atoms with Gasteiger partial charge in [-0.15, -0.1) is 0 Å². The molecule has 0 radical (unpaired) electrons. The number of fused-ring (bicyclic) bond motifs is 1. The molecule has 1 heterocycles. The first-order chi connectivity index (χ1) is 14.2. The van der Waals surface area contributed by atoms with Crippen molar-refractivity contribution in [3.8, 4) is 5.75 Å². The van der Waals surface area contributed by atoms with Crippen molar-refractivity contribution in [1.29, 1.82) is 0 Å². The smallest absolute Gasteiger partial charge is 0.313 e. The van der Waals surface area contributed by atoms with Crippen LogP contribution in [0.25, 0.3) is 10.9 Å². The molecule has 1 atom stereocenters. The zero-order chi connectivity index (χ0) is 22.2. The molecular weight excluding hydrogens is 399 g/mol. The molecule has 0 saturated heterocycles. The van der Waals surface area contributed by atoms with Crippen molar-refractivity contribution in [1.82, 2.24) is 4.57 Å². The zero-order valence-electron chi connectivity index (χ0n) is 16.6. The standard InChI is InChI=1S/C22H20F3NO4/c1-4-7-30-22(29)11(2)20-12(3)26(18-10-17(25)19(27)9-14(18)20)21(28)13-5-6-15(23)16(24)8-13/h5-6,8-11,27H,4,7H2,1-3H3. The molecule has 30 heavy (non-hydrogen) atoms. The highest BCUT2D eigenvalue weighted by Gasteiger charge is 2.28. The molecule has 0 aliphatic rings. The van der Waals surface area contributed by atoms with Crippen molar-refractivity contribution in [2.24, 2.45) is 0 Å². The summed E-state index contributed by atoms with van der Waals surface area (Å²) in [5.41, 5.74) is 0.598. The molecule has 0 aliphatic heterocycles. The summed E-state index contributed by atoms with van der Waals surface area (Å²) in [4.78, 5) is 25.5. The van der Waals surface area contributed by atoms with Crippen LogP contribution in [0, 0.1) is 24.4 Å². The van der Waals surface area contributed by atoms with Gasteiger partial charge in [0.1, 0.15) is 0 Å². The fraction of sp³-hybridized carbons (Fsp3) is 0.273. The number of phenols is 1. The molecule has 1 aromatic heterocycles. The molecule has 0 fully saturated rings. The zero-order valence-corrected chi connectivity index (χ0v) is 16.6. The molecule has 0 amide bonds. The number of phenolic OH excluding ortho intramolecular Hbond substituents is 1. The first kappa shape index (κ1) is 21.4. The first-order valence-corrected chi connectivity index (χ1v) is 9.37. The van der Waals surface area contributed by atoms with Crippen LogP contribution in [0.4, 0.5) is 13.2 Å². The van der Waals surface area contributed by atoms with Gasteiger partial charge in [0.05, 0.1) is 18.0 Å². The summed E-state index contributed by atoms with van der Waals surface area (Å²) in [5.74, 6) is -6.00. The van der Waals surface area contributed by atoms with Crippen molar-refractivity contribution >= 4 is 22.8 Å². The molecule has 1 N–H and O–H groups in total. The quantitative estimate of drug-likeness (QED) is 0.602. The minimum absolute atomic E-state index is 0.0858. The molecule has 158 valence electrons. The number of nitrogens with zero attached hydrogens (tertiary/aromatic N) is 1. The summed E-state index contributed by atoms with van der Waals surface area (Å²) in [5, 5.41) is 10.1. The number of aromatic hydroxyl groups is 1. The lowest BCUT2D eigenvalue weighted by Gasteiger charge is -2.13. The summed E-state index contributed by atoms with van der Waals surface area (Å²) >= 11 is 0. The van der Waals surface area contributed by atoms with Crippen molar-refractivity contribution < 1.29 is 32.6 Å². The molecule has 3 aromatic rings. The first-order valence-electron chi connectivity index (χ1n) is 9.37. The average molecular weight is 419 g/mol. The molecule has 0 aliphatic carbocycles. The van der Waals surface area contributed by atoms with Gasteiger partial charge < -0.3 is 9.84 Å². The SMILES string of the molecule is CCCOC(=O)C(C)c1c(C)n(C(=O)c2ccc(F)c(F)c2)c2cc(F)c(O)cc12. The second kappa shape index (κ2) is 8.22. The number of halogens is 3. The van der Waals surface area contributed by atoms with Gasteiger partial charge >= 0.3 is 5.97 Å². The molecule has 1 unspecified atom stereocenters. The Morgan fingerprint density at radius 1 is 1.10 bits per heavy atom. The van der Waals surface area contributed by atoms with Gasteiger partial charge in [-0.25, -0.2) is 13.2 Å². The van der Waals surface area contributed by atoms with E-state index in [9.17, 15) is 27.9 Å². The third-order valence-electron chi connectivity index (χ3n) is 4.93. The van der Waals surface area contributed by atoms with E-state index in [1.807, 2.05) is 6.92 Å². The highest BCUT2D eigenvalue weighted by molar-refractivity contribution is 6.05. The molecule has 5 nitrogen and oxygen atoms in total. The number of rotatable bonds is 5. The van der Waals surface area contributed by atoms with Gasteiger partial charge in [-0.3, -0.25) is 14.2 Å². The minimum Gasteiger partial charge on any atom is -0.505 e. The van der Waals surface area contributed by atoms with Crippen LogP contribution in [-0.4, -0.2) is 28.2 Å². The van der Waals surface area contributed by atoms with Crippen LogP contribution in [0.5, 0.6) is 5.75 Å². The predicted octanol–water partition coefficient (Wildman–Crippen LogP) is 4.82. The van der Waals surface area contributed by atoms with Crippen molar-refractivity contribution in [2.45, 2.75) is 33.1 Å².